The second kappa shape index (κ2) is 4.97. The lowest BCUT2D eigenvalue weighted by Crippen LogP contribution is -2.13. The quantitative estimate of drug-likeness (QED) is 0.573. The van der Waals surface area contributed by atoms with Crippen LogP contribution in [0.1, 0.15) is 11.4 Å². The van der Waals surface area contributed by atoms with E-state index in [9.17, 15) is 4.39 Å². The van der Waals surface area contributed by atoms with Gasteiger partial charge < -0.3 is 10.7 Å². The van der Waals surface area contributed by atoms with Crippen LogP contribution in [0, 0.1) is 19.7 Å². The van der Waals surface area contributed by atoms with E-state index in [1.54, 1.807) is 19.1 Å². The maximum Gasteiger partial charge on any atom is 0.148 e. The van der Waals surface area contributed by atoms with E-state index < -0.39 is 0 Å². The maximum absolute atomic E-state index is 12.8. The highest BCUT2D eigenvalue weighted by atomic mass is 19.1. The maximum atomic E-state index is 12.8. The van der Waals surface area contributed by atoms with Crippen LogP contribution in [-0.2, 0) is 0 Å². The van der Waals surface area contributed by atoms with Gasteiger partial charge in [-0.1, -0.05) is 0 Å². The molecule has 4 N–H and O–H groups in total. The van der Waals surface area contributed by atoms with Gasteiger partial charge in [0.25, 0.3) is 0 Å². The first-order valence-corrected chi connectivity index (χ1v) is 5.44. The molecule has 0 aliphatic heterocycles. The van der Waals surface area contributed by atoms with Crippen molar-refractivity contribution < 1.29 is 4.39 Å². The van der Waals surface area contributed by atoms with Crippen LogP contribution in [0.3, 0.4) is 0 Å². The van der Waals surface area contributed by atoms with E-state index in [1.165, 1.54) is 12.1 Å². The predicted octanol–water partition coefficient (Wildman–Crippen LogP) is 2.26. The molecule has 0 unspecified atom stereocenters. The molecular weight excluding hydrogens is 233 g/mol. The Kier molecular flexibility index (Phi) is 3.38. The van der Waals surface area contributed by atoms with Gasteiger partial charge in [-0.25, -0.2) is 20.2 Å². The summed E-state index contributed by atoms with van der Waals surface area (Å²) in [5.74, 6) is 6.91. The zero-order valence-corrected chi connectivity index (χ0v) is 10.2. The van der Waals surface area contributed by atoms with Crippen LogP contribution in [-0.4, -0.2) is 9.97 Å². The van der Waals surface area contributed by atoms with Crippen molar-refractivity contribution in [2.45, 2.75) is 13.8 Å². The first kappa shape index (κ1) is 12.3. The molecule has 18 heavy (non-hydrogen) atoms. The summed E-state index contributed by atoms with van der Waals surface area (Å²) in [5, 5.41) is 3.10. The average Bonchev–Trinajstić information content (AvgIpc) is 2.36. The molecule has 1 aromatic heterocycles. The van der Waals surface area contributed by atoms with Gasteiger partial charge in [-0.2, -0.15) is 0 Å². The van der Waals surface area contributed by atoms with Gasteiger partial charge in [0.1, 0.15) is 23.3 Å². The van der Waals surface area contributed by atoms with Crippen molar-refractivity contribution in [1.82, 2.24) is 9.97 Å². The fourth-order valence-electron chi connectivity index (χ4n) is 1.56. The highest BCUT2D eigenvalue weighted by Gasteiger charge is 2.08. The standard InChI is InChI=1S/C12H14FN5/c1-7-11(15-8(2)16-12(7)18-14)17-10-5-3-9(13)4-6-10/h3-6H,14H2,1-2H3,(H2,15,16,17,18). The Morgan fingerprint density at radius 1 is 1.06 bits per heavy atom. The summed E-state index contributed by atoms with van der Waals surface area (Å²) in [6.45, 7) is 3.62. The number of halogens is 1. The van der Waals surface area contributed by atoms with Gasteiger partial charge >= 0.3 is 0 Å². The van der Waals surface area contributed by atoms with E-state index in [2.05, 4.69) is 20.7 Å². The Bertz CT molecular complexity index is 553. The van der Waals surface area contributed by atoms with Crippen molar-refractivity contribution >= 4 is 17.3 Å². The Morgan fingerprint density at radius 2 is 1.67 bits per heavy atom. The summed E-state index contributed by atoms with van der Waals surface area (Å²) in [6.07, 6.45) is 0. The molecule has 1 aromatic carbocycles. The minimum atomic E-state index is -0.277. The summed E-state index contributed by atoms with van der Waals surface area (Å²) in [5.41, 5.74) is 4.07. The van der Waals surface area contributed by atoms with E-state index in [0.29, 0.717) is 17.5 Å². The van der Waals surface area contributed by atoms with E-state index >= 15 is 0 Å². The number of hydrazine groups is 1. The predicted molar refractivity (Wildman–Crippen MR) is 69.0 cm³/mol. The zero-order chi connectivity index (χ0) is 13.1. The zero-order valence-electron chi connectivity index (χ0n) is 10.2. The Morgan fingerprint density at radius 3 is 2.28 bits per heavy atom. The average molecular weight is 247 g/mol. The van der Waals surface area contributed by atoms with Crippen molar-refractivity contribution in [2.24, 2.45) is 5.84 Å². The van der Waals surface area contributed by atoms with Gasteiger partial charge in [0, 0.05) is 11.3 Å². The molecule has 0 bridgehead atoms. The van der Waals surface area contributed by atoms with Crippen LogP contribution in [0.2, 0.25) is 0 Å². The smallest absolute Gasteiger partial charge is 0.148 e. The number of aromatic nitrogens is 2. The minimum absolute atomic E-state index is 0.277. The molecule has 0 aliphatic rings. The molecule has 0 saturated carbocycles. The van der Waals surface area contributed by atoms with Gasteiger partial charge in [-0.3, -0.25) is 0 Å². The van der Waals surface area contributed by atoms with Gasteiger partial charge in [0.15, 0.2) is 0 Å². The molecule has 0 fully saturated rings. The molecule has 0 radical (unpaired) electrons. The number of hydrogen-bond acceptors (Lipinski definition) is 5. The second-order valence-corrected chi connectivity index (χ2v) is 3.87. The van der Waals surface area contributed by atoms with Gasteiger partial charge in [-0.05, 0) is 38.1 Å². The van der Waals surface area contributed by atoms with Crippen LogP contribution in [0.15, 0.2) is 24.3 Å². The number of aryl methyl sites for hydroxylation is 1. The summed E-state index contributed by atoms with van der Waals surface area (Å²) in [6, 6.07) is 6.05. The first-order chi connectivity index (χ1) is 8.60. The molecule has 94 valence electrons. The molecule has 0 saturated heterocycles. The molecule has 0 aliphatic carbocycles. The van der Waals surface area contributed by atoms with E-state index in [0.717, 1.165) is 11.3 Å². The highest BCUT2D eigenvalue weighted by molar-refractivity contribution is 5.64. The monoisotopic (exact) mass is 247 g/mol. The number of nitrogens with two attached hydrogens (primary N) is 1. The molecule has 2 rings (SSSR count). The number of nitrogens with one attached hydrogen (secondary N) is 2. The summed E-state index contributed by atoms with van der Waals surface area (Å²) in [7, 11) is 0. The fraction of sp³-hybridized carbons (Fsp3) is 0.167. The van der Waals surface area contributed by atoms with E-state index in [4.69, 9.17) is 5.84 Å². The molecule has 5 nitrogen and oxygen atoms in total. The summed E-state index contributed by atoms with van der Waals surface area (Å²) < 4.78 is 12.8. The van der Waals surface area contributed by atoms with Crippen molar-refractivity contribution in [3.05, 3.63) is 41.5 Å². The number of rotatable bonds is 3. The number of nitrogens with zero attached hydrogens (tertiary/aromatic N) is 2. The van der Waals surface area contributed by atoms with Gasteiger partial charge in [0.05, 0.1) is 0 Å². The lowest BCUT2D eigenvalue weighted by molar-refractivity contribution is 0.628. The Balaban J connectivity index is 2.34. The van der Waals surface area contributed by atoms with Crippen molar-refractivity contribution in [3.63, 3.8) is 0 Å². The molecule has 2 aromatic rings. The Labute approximate surface area is 104 Å². The van der Waals surface area contributed by atoms with Crippen LogP contribution < -0.4 is 16.6 Å². The summed E-state index contributed by atoms with van der Waals surface area (Å²) >= 11 is 0. The lowest BCUT2D eigenvalue weighted by Gasteiger charge is -2.12. The molecule has 1 heterocycles. The Hall–Kier alpha value is -2.21. The molecule has 0 amide bonds. The lowest BCUT2D eigenvalue weighted by atomic mass is 10.2. The number of anilines is 3. The third-order valence-corrected chi connectivity index (χ3v) is 2.50. The third-order valence-electron chi connectivity index (χ3n) is 2.50. The van der Waals surface area contributed by atoms with E-state index in [-0.39, 0.29) is 5.82 Å². The van der Waals surface area contributed by atoms with Crippen LogP contribution in [0.4, 0.5) is 21.7 Å². The van der Waals surface area contributed by atoms with Gasteiger partial charge in [0.2, 0.25) is 0 Å². The number of benzene rings is 1. The fourth-order valence-corrected chi connectivity index (χ4v) is 1.56. The second-order valence-electron chi connectivity index (χ2n) is 3.87. The SMILES string of the molecule is Cc1nc(NN)c(C)c(Nc2ccc(F)cc2)n1. The van der Waals surface area contributed by atoms with Gasteiger partial charge in [-0.15, -0.1) is 0 Å². The van der Waals surface area contributed by atoms with Crippen LogP contribution in [0.5, 0.6) is 0 Å². The first-order valence-electron chi connectivity index (χ1n) is 5.44. The third kappa shape index (κ3) is 2.54. The highest BCUT2D eigenvalue weighted by Crippen LogP contribution is 2.22. The molecule has 0 atom stereocenters. The topological polar surface area (TPSA) is 75.9 Å². The summed E-state index contributed by atoms with van der Waals surface area (Å²) in [4.78, 5) is 8.45. The van der Waals surface area contributed by atoms with Crippen LogP contribution in [0.25, 0.3) is 0 Å². The minimum Gasteiger partial charge on any atom is -0.340 e. The van der Waals surface area contributed by atoms with Crippen molar-refractivity contribution in [1.29, 1.82) is 0 Å². The van der Waals surface area contributed by atoms with E-state index in [1.807, 2.05) is 6.92 Å². The van der Waals surface area contributed by atoms with Crippen molar-refractivity contribution in [2.75, 3.05) is 10.7 Å². The number of hydrogen-bond donors (Lipinski definition) is 3. The molecule has 6 heteroatoms. The van der Waals surface area contributed by atoms with Crippen LogP contribution >= 0.6 is 0 Å². The molecular formula is C12H14FN5. The number of nitrogen functional groups attached to an aromatic ring is 1. The molecule has 0 spiro atoms. The van der Waals surface area contributed by atoms with Crippen molar-refractivity contribution in [3.8, 4) is 0 Å². The largest absolute Gasteiger partial charge is 0.340 e. The normalized spacial score (nSPS) is 10.2.